The lowest BCUT2D eigenvalue weighted by atomic mass is 10.1. The van der Waals surface area contributed by atoms with Crippen molar-refractivity contribution in [2.24, 2.45) is 0 Å². The van der Waals surface area contributed by atoms with Gasteiger partial charge in [0.15, 0.2) is 6.10 Å². The molecule has 0 spiro atoms. The number of allylic oxidation sites excluding steroid dienone is 30. The minimum absolute atomic E-state index is 0.143. The minimum atomic E-state index is -0.850. The van der Waals surface area contributed by atoms with E-state index in [2.05, 4.69) is 118 Å². The average molecular weight is 931 g/mol. The van der Waals surface area contributed by atoms with Gasteiger partial charge < -0.3 is 14.2 Å². The fourth-order valence-electron chi connectivity index (χ4n) is 6.04. The van der Waals surface area contributed by atoms with Crippen molar-refractivity contribution in [1.29, 1.82) is 0 Å². The van der Waals surface area contributed by atoms with Crippen molar-refractivity contribution in [3.63, 3.8) is 0 Å². The molecule has 0 aromatic rings. The fourth-order valence-corrected chi connectivity index (χ4v) is 6.04. The molecule has 0 N–H and O–H groups in total. The van der Waals surface area contributed by atoms with Crippen LogP contribution >= 0.6 is 0 Å². The molecule has 0 fully saturated rings. The summed E-state index contributed by atoms with van der Waals surface area (Å²) in [6, 6.07) is 0. The third kappa shape index (κ3) is 51.5. The van der Waals surface area contributed by atoms with E-state index in [0.717, 1.165) is 103 Å². The van der Waals surface area contributed by atoms with Gasteiger partial charge in [0.1, 0.15) is 13.2 Å². The molecule has 0 aliphatic heterocycles. The molecule has 0 saturated heterocycles. The summed E-state index contributed by atoms with van der Waals surface area (Å²) in [7, 11) is 0. The highest BCUT2D eigenvalue weighted by Gasteiger charge is 2.19. The zero-order chi connectivity index (χ0) is 49.3. The molecule has 0 aliphatic rings. The number of carbonyl (C=O) groups is 3. The molecule has 0 aromatic carbocycles. The van der Waals surface area contributed by atoms with Gasteiger partial charge in [-0.1, -0.05) is 235 Å². The van der Waals surface area contributed by atoms with E-state index >= 15 is 0 Å². The molecule has 0 aliphatic carbocycles. The van der Waals surface area contributed by atoms with Gasteiger partial charge in [-0.2, -0.15) is 0 Å². The second kappa shape index (κ2) is 54.1. The molecule has 68 heavy (non-hydrogen) atoms. The van der Waals surface area contributed by atoms with Crippen LogP contribution in [0.15, 0.2) is 182 Å². The van der Waals surface area contributed by atoms with E-state index in [9.17, 15) is 14.4 Å². The van der Waals surface area contributed by atoms with Crippen LogP contribution in [0.1, 0.15) is 168 Å². The van der Waals surface area contributed by atoms with Gasteiger partial charge in [0.2, 0.25) is 0 Å². The van der Waals surface area contributed by atoms with Crippen LogP contribution in [0.2, 0.25) is 0 Å². The predicted molar refractivity (Wildman–Crippen MR) is 292 cm³/mol. The predicted octanol–water partition coefficient (Wildman–Crippen LogP) is 17.4. The Hall–Kier alpha value is -5.49. The van der Waals surface area contributed by atoms with E-state index in [4.69, 9.17) is 14.2 Å². The van der Waals surface area contributed by atoms with Gasteiger partial charge in [-0.05, 0) is 96.3 Å². The first-order chi connectivity index (χ1) is 33.5. The molecule has 0 radical (unpaired) electrons. The summed E-state index contributed by atoms with van der Waals surface area (Å²) in [5.41, 5.74) is 0. The van der Waals surface area contributed by atoms with Gasteiger partial charge >= 0.3 is 17.9 Å². The van der Waals surface area contributed by atoms with Crippen molar-refractivity contribution < 1.29 is 28.6 Å². The first kappa shape index (κ1) is 62.5. The largest absolute Gasteiger partial charge is 0.462 e. The highest BCUT2D eigenvalue weighted by atomic mass is 16.6. The minimum Gasteiger partial charge on any atom is -0.462 e. The molecule has 0 amide bonds. The molecule has 0 heterocycles. The van der Waals surface area contributed by atoms with Crippen molar-refractivity contribution in [2.45, 2.75) is 175 Å². The van der Waals surface area contributed by atoms with Gasteiger partial charge in [0.25, 0.3) is 0 Å². The van der Waals surface area contributed by atoms with Gasteiger partial charge in [-0.25, -0.2) is 0 Å². The van der Waals surface area contributed by atoms with Crippen molar-refractivity contribution in [2.75, 3.05) is 13.2 Å². The standard InChI is InChI=1S/C62H90O6/c1-4-7-10-13-16-19-22-25-27-29-31-33-34-37-40-43-46-49-52-55-61(64)67-58-59(57-66-60(63)54-51-48-45-42-39-36-24-21-18-15-12-9-6-3)68-62(65)56-53-50-47-44-41-38-35-32-30-28-26-23-20-17-14-11-8-5-2/h7,9-12,14-21,23-28,30-33,35-37,39-40,46,49,59H,4-6,8,13,22,29,34,38,41-45,47-48,50-58H2,1-3H3/b10-7+,12-9+,14-11+,18-15+,19-16+,20-17+,24-21+,26-23+,27-25+,30-28+,33-31+,35-32+,39-36+,40-37+,49-46+. The Morgan fingerprint density at radius 1 is 0.324 bits per heavy atom. The lowest BCUT2D eigenvalue weighted by Gasteiger charge is -2.18. The number of unbranched alkanes of at least 4 members (excludes halogenated alkanes) is 9. The first-order valence-corrected chi connectivity index (χ1v) is 25.9. The van der Waals surface area contributed by atoms with Crippen LogP contribution in [0.4, 0.5) is 0 Å². The summed E-state index contributed by atoms with van der Waals surface area (Å²) >= 11 is 0. The van der Waals surface area contributed by atoms with Gasteiger partial charge in [0.05, 0.1) is 0 Å². The van der Waals surface area contributed by atoms with Crippen LogP contribution < -0.4 is 0 Å². The van der Waals surface area contributed by atoms with E-state index in [1.54, 1.807) is 0 Å². The second-order valence-corrected chi connectivity index (χ2v) is 16.2. The summed E-state index contributed by atoms with van der Waals surface area (Å²) in [5.74, 6) is -1.11. The number of esters is 3. The van der Waals surface area contributed by atoms with Crippen molar-refractivity contribution in [1.82, 2.24) is 0 Å². The number of hydrogen-bond acceptors (Lipinski definition) is 6. The molecule has 0 bridgehead atoms. The van der Waals surface area contributed by atoms with Crippen LogP contribution in [0, 0.1) is 0 Å². The van der Waals surface area contributed by atoms with Crippen LogP contribution in [-0.4, -0.2) is 37.2 Å². The summed E-state index contributed by atoms with van der Waals surface area (Å²) < 4.78 is 16.7. The zero-order valence-corrected chi connectivity index (χ0v) is 42.5. The zero-order valence-electron chi connectivity index (χ0n) is 42.5. The SMILES string of the molecule is CC/C=C/C=C/C=C/C=C/CCCCCC(=O)OCC(COC(=O)CC/C=C/C/C=C/C/C=C/C/C=C/C/C=C/C/C=C/CC)OC(=O)CCCCCCC/C=C/C=C/C=C/C=C/C=C/CCC. The first-order valence-electron chi connectivity index (χ1n) is 25.9. The monoisotopic (exact) mass is 931 g/mol. The summed E-state index contributed by atoms with van der Waals surface area (Å²) in [5, 5.41) is 0. The number of hydrogen-bond donors (Lipinski definition) is 0. The lowest BCUT2D eigenvalue weighted by Crippen LogP contribution is -2.30. The second-order valence-electron chi connectivity index (χ2n) is 16.2. The Morgan fingerprint density at radius 3 is 1.15 bits per heavy atom. The topological polar surface area (TPSA) is 78.9 Å². The van der Waals surface area contributed by atoms with E-state index in [1.807, 2.05) is 85.1 Å². The number of ether oxygens (including phenoxy) is 3. The van der Waals surface area contributed by atoms with Gasteiger partial charge in [0, 0.05) is 19.3 Å². The fraction of sp³-hybridized carbons (Fsp3) is 0.468. The molecule has 6 nitrogen and oxygen atoms in total. The molecule has 374 valence electrons. The maximum Gasteiger partial charge on any atom is 0.306 e. The molecule has 1 unspecified atom stereocenters. The Kier molecular flexibility index (Phi) is 49.7. The van der Waals surface area contributed by atoms with E-state index in [-0.39, 0.29) is 50.4 Å². The van der Waals surface area contributed by atoms with E-state index in [1.165, 1.54) is 6.42 Å². The maximum atomic E-state index is 12.8. The highest BCUT2D eigenvalue weighted by Crippen LogP contribution is 2.11. The van der Waals surface area contributed by atoms with Crippen molar-refractivity contribution >= 4 is 17.9 Å². The van der Waals surface area contributed by atoms with E-state index < -0.39 is 6.10 Å². The summed E-state index contributed by atoms with van der Waals surface area (Å²) in [6.07, 6.45) is 81.7. The third-order valence-corrected chi connectivity index (χ3v) is 9.84. The maximum absolute atomic E-state index is 12.8. The third-order valence-electron chi connectivity index (χ3n) is 9.84. The van der Waals surface area contributed by atoms with Crippen LogP contribution in [0.3, 0.4) is 0 Å². The normalized spacial score (nSPS) is 13.6. The quantitative estimate of drug-likeness (QED) is 0.0199. The Balaban J connectivity index is 4.66. The number of rotatable bonds is 43. The molecule has 0 saturated carbocycles. The molecule has 6 heteroatoms. The Morgan fingerprint density at radius 2 is 0.676 bits per heavy atom. The van der Waals surface area contributed by atoms with Crippen LogP contribution in [0.25, 0.3) is 0 Å². The van der Waals surface area contributed by atoms with Crippen molar-refractivity contribution in [3.8, 4) is 0 Å². The van der Waals surface area contributed by atoms with Crippen LogP contribution in [-0.2, 0) is 28.6 Å². The molecular weight excluding hydrogens is 841 g/mol. The molecule has 0 rings (SSSR count). The highest BCUT2D eigenvalue weighted by molar-refractivity contribution is 5.71. The Bertz CT molecular complexity index is 1680. The van der Waals surface area contributed by atoms with Gasteiger partial charge in [-0.3, -0.25) is 14.4 Å². The summed E-state index contributed by atoms with van der Waals surface area (Å²) in [6.45, 7) is 6.13. The Labute approximate surface area is 414 Å². The van der Waals surface area contributed by atoms with Crippen LogP contribution in [0.5, 0.6) is 0 Å². The van der Waals surface area contributed by atoms with E-state index in [0.29, 0.717) is 19.3 Å². The summed E-state index contributed by atoms with van der Waals surface area (Å²) in [4.78, 5) is 38.0. The average Bonchev–Trinajstić information content (AvgIpc) is 3.34. The van der Waals surface area contributed by atoms with Crippen molar-refractivity contribution in [3.05, 3.63) is 182 Å². The lowest BCUT2D eigenvalue weighted by molar-refractivity contribution is -0.166. The molecule has 0 aromatic heterocycles. The smallest absolute Gasteiger partial charge is 0.306 e. The number of carbonyl (C=O) groups excluding carboxylic acids is 3. The molecule has 1 atom stereocenters. The van der Waals surface area contributed by atoms with Gasteiger partial charge in [-0.15, -0.1) is 0 Å². The molecular formula is C62H90O6.